The average Bonchev–Trinajstić information content (AvgIpc) is 3.45. The van der Waals surface area contributed by atoms with Gasteiger partial charge in [0.1, 0.15) is 17.7 Å². The first kappa shape index (κ1) is 30.5. The van der Waals surface area contributed by atoms with Crippen LogP contribution < -0.4 is 15.4 Å². The monoisotopic (exact) mass is 583 g/mol. The molecule has 0 amide bonds. The highest BCUT2D eigenvalue weighted by Gasteiger charge is 2.41. The lowest BCUT2D eigenvalue weighted by Crippen LogP contribution is -2.35. The van der Waals surface area contributed by atoms with Gasteiger partial charge in [-0.3, -0.25) is 0 Å². The second-order valence-corrected chi connectivity index (χ2v) is 10.5. The van der Waals surface area contributed by atoms with Gasteiger partial charge in [0.25, 0.3) is 0 Å². The zero-order valence-electron chi connectivity index (χ0n) is 23.9. The first-order valence-electron chi connectivity index (χ1n) is 13.7. The van der Waals surface area contributed by atoms with E-state index in [0.717, 1.165) is 16.5 Å². The number of hydrogen-bond donors (Lipinski definition) is 5. The van der Waals surface area contributed by atoms with Crippen LogP contribution in [0, 0.1) is 26.7 Å². The zero-order chi connectivity index (χ0) is 28.6. The minimum Gasteiger partial charge on any atom is -0.478 e. The minimum atomic E-state index is -1.07. The topological polar surface area (TPSA) is 146 Å². The molecule has 0 radical (unpaired) electrons. The van der Waals surface area contributed by atoms with Crippen LogP contribution in [0.3, 0.4) is 0 Å². The molecule has 41 heavy (non-hydrogen) atoms. The summed E-state index contributed by atoms with van der Waals surface area (Å²) in [5, 5.41) is 38.5. The van der Waals surface area contributed by atoms with E-state index in [1.807, 2.05) is 45.0 Å². The van der Waals surface area contributed by atoms with Crippen LogP contribution in [0.5, 0.6) is 5.88 Å². The van der Waals surface area contributed by atoms with Crippen LogP contribution in [0.25, 0.3) is 22.3 Å². The van der Waals surface area contributed by atoms with E-state index in [0.29, 0.717) is 59.0 Å². The SMILES string of the molecule is CCOc1cc2cc(-c3c(C)nc(N[C@H](C)c4ccccc4C)nc3N[C@@H]3C[C@H](CO)[C@@H](O)[C@H]3O)oc2c(C)n1.Cl. The average molecular weight is 584 g/mol. The Hall–Kier alpha value is -3.44. The number of ether oxygens (including phenoxy) is 1. The van der Waals surface area contributed by atoms with Crippen LogP contribution in [-0.4, -0.2) is 61.7 Å². The van der Waals surface area contributed by atoms with E-state index in [4.69, 9.17) is 19.1 Å². The second-order valence-electron chi connectivity index (χ2n) is 10.5. The number of nitrogens with one attached hydrogen (secondary N) is 2. The molecule has 1 saturated carbocycles. The summed E-state index contributed by atoms with van der Waals surface area (Å²) in [5.41, 5.74) is 4.93. The molecule has 0 unspecified atom stereocenters. The van der Waals surface area contributed by atoms with E-state index in [1.54, 1.807) is 0 Å². The molecule has 3 heterocycles. The Balaban J connectivity index is 0.00000387. The van der Waals surface area contributed by atoms with Crippen molar-refractivity contribution in [3.8, 4) is 17.2 Å². The molecule has 0 bridgehead atoms. The van der Waals surface area contributed by atoms with Crippen molar-refractivity contribution < 1.29 is 24.5 Å². The number of anilines is 2. The Morgan fingerprint density at radius 1 is 1.05 bits per heavy atom. The van der Waals surface area contributed by atoms with Gasteiger partial charge < -0.3 is 35.1 Å². The predicted molar refractivity (Wildman–Crippen MR) is 161 cm³/mol. The van der Waals surface area contributed by atoms with Gasteiger partial charge in [0.15, 0.2) is 5.58 Å². The Kier molecular flexibility index (Phi) is 9.38. The highest BCUT2D eigenvalue weighted by Crippen LogP contribution is 2.38. The third-order valence-electron chi connectivity index (χ3n) is 7.63. The largest absolute Gasteiger partial charge is 0.478 e. The predicted octanol–water partition coefficient (Wildman–Crippen LogP) is 4.72. The molecule has 0 aliphatic heterocycles. The minimum absolute atomic E-state index is 0. The number of halogens is 1. The summed E-state index contributed by atoms with van der Waals surface area (Å²) in [6, 6.07) is 11.3. The van der Waals surface area contributed by atoms with E-state index in [2.05, 4.69) is 41.6 Å². The molecular weight excluding hydrogens is 546 g/mol. The number of nitrogens with zero attached hydrogens (tertiary/aromatic N) is 3. The van der Waals surface area contributed by atoms with Crippen LogP contribution >= 0.6 is 12.4 Å². The summed E-state index contributed by atoms with van der Waals surface area (Å²) in [5.74, 6) is 1.50. The summed E-state index contributed by atoms with van der Waals surface area (Å²) in [6.07, 6.45) is -1.73. The number of aliphatic hydroxyl groups is 3. The van der Waals surface area contributed by atoms with E-state index in [-0.39, 0.29) is 25.1 Å². The number of aliphatic hydroxyl groups excluding tert-OH is 3. The van der Waals surface area contributed by atoms with Gasteiger partial charge in [-0.15, -0.1) is 12.4 Å². The van der Waals surface area contributed by atoms with Crippen molar-refractivity contribution in [2.45, 2.75) is 65.3 Å². The van der Waals surface area contributed by atoms with Crippen molar-refractivity contribution in [3.05, 3.63) is 58.9 Å². The molecule has 0 spiro atoms. The maximum Gasteiger partial charge on any atom is 0.225 e. The molecule has 1 fully saturated rings. The lowest BCUT2D eigenvalue weighted by molar-refractivity contribution is 0.00446. The van der Waals surface area contributed by atoms with Crippen LogP contribution in [0.2, 0.25) is 0 Å². The number of pyridine rings is 1. The van der Waals surface area contributed by atoms with E-state index in [9.17, 15) is 15.3 Å². The van der Waals surface area contributed by atoms with E-state index in [1.165, 1.54) is 0 Å². The van der Waals surface area contributed by atoms with Gasteiger partial charge in [-0.25, -0.2) is 9.97 Å². The Bertz CT molecular complexity index is 1510. The third kappa shape index (κ3) is 6.11. The first-order valence-corrected chi connectivity index (χ1v) is 13.7. The Morgan fingerprint density at radius 3 is 2.49 bits per heavy atom. The number of rotatable bonds is 9. The number of aryl methyl sites for hydroxylation is 3. The fraction of sp³-hybridized carbons (Fsp3) is 0.433. The van der Waals surface area contributed by atoms with Gasteiger partial charge in [0.2, 0.25) is 11.8 Å². The molecule has 1 aliphatic rings. The molecule has 3 aromatic heterocycles. The number of hydrogen-bond acceptors (Lipinski definition) is 10. The highest BCUT2D eigenvalue weighted by molar-refractivity contribution is 5.88. The normalized spacial score (nSPS) is 21.0. The number of fused-ring (bicyclic) bond motifs is 1. The van der Waals surface area contributed by atoms with Crippen molar-refractivity contribution in [2.75, 3.05) is 23.8 Å². The molecule has 5 rings (SSSR count). The van der Waals surface area contributed by atoms with Crippen LogP contribution in [-0.2, 0) is 0 Å². The molecule has 10 nitrogen and oxygen atoms in total. The van der Waals surface area contributed by atoms with Crippen LogP contribution in [0.15, 0.2) is 40.8 Å². The van der Waals surface area contributed by atoms with Gasteiger partial charge in [0.05, 0.1) is 41.7 Å². The van der Waals surface area contributed by atoms with Gasteiger partial charge in [-0.2, -0.15) is 4.98 Å². The summed E-state index contributed by atoms with van der Waals surface area (Å²) < 4.78 is 11.9. The van der Waals surface area contributed by atoms with Crippen molar-refractivity contribution in [1.29, 1.82) is 0 Å². The van der Waals surface area contributed by atoms with Crippen molar-refractivity contribution in [1.82, 2.24) is 15.0 Å². The highest BCUT2D eigenvalue weighted by atomic mass is 35.5. The molecule has 220 valence electrons. The fourth-order valence-electron chi connectivity index (χ4n) is 5.53. The lowest BCUT2D eigenvalue weighted by atomic mass is 10.0. The molecular formula is C30H38ClN5O5. The van der Waals surface area contributed by atoms with Crippen molar-refractivity contribution >= 4 is 35.1 Å². The van der Waals surface area contributed by atoms with Gasteiger partial charge in [-0.05, 0) is 58.2 Å². The molecule has 0 saturated heterocycles. The number of aromatic nitrogens is 3. The summed E-state index contributed by atoms with van der Waals surface area (Å²) in [6.45, 7) is 10.1. The summed E-state index contributed by atoms with van der Waals surface area (Å²) in [7, 11) is 0. The zero-order valence-corrected chi connectivity index (χ0v) is 24.7. The van der Waals surface area contributed by atoms with Gasteiger partial charge >= 0.3 is 0 Å². The van der Waals surface area contributed by atoms with Crippen LogP contribution in [0.1, 0.15) is 48.8 Å². The smallest absolute Gasteiger partial charge is 0.225 e. The Labute approximate surface area is 245 Å². The Morgan fingerprint density at radius 2 is 1.80 bits per heavy atom. The molecule has 1 aliphatic carbocycles. The van der Waals surface area contributed by atoms with Crippen LogP contribution in [0.4, 0.5) is 11.8 Å². The van der Waals surface area contributed by atoms with E-state index < -0.39 is 24.2 Å². The first-order chi connectivity index (χ1) is 19.2. The van der Waals surface area contributed by atoms with Gasteiger partial charge in [0, 0.05) is 24.0 Å². The molecule has 5 atom stereocenters. The second kappa shape index (κ2) is 12.6. The maximum absolute atomic E-state index is 10.7. The third-order valence-corrected chi connectivity index (χ3v) is 7.63. The van der Waals surface area contributed by atoms with E-state index >= 15 is 0 Å². The molecule has 1 aromatic carbocycles. The molecule has 11 heteroatoms. The maximum atomic E-state index is 10.7. The molecule has 5 N–H and O–H groups in total. The standard InChI is InChI=1S/C30H37N5O5.ClH/c1-6-39-24-13-19-12-23(40-28(19)18(5)31-24)25-17(4)33-30(32-16(3)21-10-8-7-9-15(21)2)35-29(25)34-22-11-20(14-36)26(37)27(22)38;/h7-10,12-13,16,20,22,26-27,36-38H,6,11,14H2,1-5H3,(H2,32,33,34,35);1H/t16-,20-,22-,26-,27+;/m1./s1. The van der Waals surface area contributed by atoms with Crippen molar-refractivity contribution in [3.63, 3.8) is 0 Å². The fourth-order valence-corrected chi connectivity index (χ4v) is 5.53. The number of furan rings is 1. The summed E-state index contributed by atoms with van der Waals surface area (Å²) >= 11 is 0. The molecule has 4 aromatic rings. The quantitative estimate of drug-likeness (QED) is 0.188. The number of benzene rings is 1. The lowest BCUT2D eigenvalue weighted by Gasteiger charge is -2.22. The van der Waals surface area contributed by atoms with Gasteiger partial charge in [-0.1, -0.05) is 24.3 Å². The summed E-state index contributed by atoms with van der Waals surface area (Å²) in [4.78, 5) is 14.1. The van der Waals surface area contributed by atoms with Crippen molar-refractivity contribution in [2.24, 2.45) is 5.92 Å².